The van der Waals surface area contributed by atoms with E-state index in [0.717, 1.165) is 24.0 Å². The number of esters is 1. The van der Waals surface area contributed by atoms with Crippen LogP contribution in [-0.4, -0.2) is 11.1 Å². The maximum absolute atomic E-state index is 11.3. The largest absolute Gasteiger partial charge is 0.508 e. The second-order valence-electron chi connectivity index (χ2n) is 6.80. The zero-order valence-corrected chi connectivity index (χ0v) is 13.0. The van der Waals surface area contributed by atoms with Crippen LogP contribution in [0.5, 0.6) is 11.5 Å². The standard InChI is InChI=1S/C17H24O3/c1-11-9-13(15(10-14(11)19)20-12(2)18)17(5)8-6-7-16(17,3)4/h9-10,19H,6-8H2,1-5H3. The number of phenols is 1. The van der Waals surface area contributed by atoms with Gasteiger partial charge in [-0.3, -0.25) is 4.79 Å². The van der Waals surface area contributed by atoms with Gasteiger partial charge in [0.1, 0.15) is 11.5 Å². The summed E-state index contributed by atoms with van der Waals surface area (Å²) in [7, 11) is 0. The van der Waals surface area contributed by atoms with Gasteiger partial charge in [0.15, 0.2) is 0 Å². The summed E-state index contributed by atoms with van der Waals surface area (Å²) < 4.78 is 5.35. The van der Waals surface area contributed by atoms with Crippen molar-refractivity contribution in [2.45, 2.75) is 59.3 Å². The molecule has 0 heterocycles. The number of carbonyl (C=O) groups is 1. The first kappa shape index (κ1) is 14.9. The molecule has 110 valence electrons. The molecule has 1 aliphatic carbocycles. The summed E-state index contributed by atoms with van der Waals surface area (Å²) in [6.45, 7) is 10.0. The average molecular weight is 276 g/mol. The molecule has 0 aromatic heterocycles. The SMILES string of the molecule is CC(=O)Oc1cc(O)c(C)cc1C1(C)CCCC1(C)C. The van der Waals surface area contributed by atoms with Crippen LogP contribution >= 0.6 is 0 Å². The Kier molecular flexibility index (Phi) is 3.57. The number of phenolic OH excluding ortho intramolecular Hbond substituents is 1. The number of carbonyl (C=O) groups excluding carboxylic acids is 1. The second kappa shape index (κ2) is 4.80. The van der Waals surface area contributed by atoms with Gasteiger partial charge in [-0.25, -0.2) is 0 Å². The molecule has 0 aliphatic heterocycles. The zero-order chi connectivity index (χ0) is 15.1. The van der Waals surface area contributed by atoms with Gasteiger partial charge >= 0.3 is 5.97 Å². The minimum absolute atomic E-state index is 0.0454. The van der Waals surface area contributed by atoms with Gasteiger partial charge < -0.3 is 9.84 Å². The fourth-order valence-corrected chi connectivity index (χ4v) is 3.35. The molecule has 20 heavy (non-hydrogen) atoms. The first-order chi connectivity index (χ1) is 9.17. The van der Waals surface area contributed by atoms with Crippen LogP contribution in [0.3, 0.4) is 0 Å². The van der Waals surface area contributed by atoms with Crippen LogP contribution in [0.15, 0.2) is 12.1 Å². The summed E-state index contributed by atoms with van der Waals surface area (Å²) in [4.78, 5) is 11.3. The molecule has 3 heteroatoms. The first-order valence-corrected chi connectivity index (χ1v) is 7.20. The van der Waals surface area contributed by atoms with Crippen molar-refractivity contribution in [1.82, 2.24) is 0 Å². The summed E-state index contributed by atoms with van der Waals surface area (Å²) >= 11 is 0. The van der Waals surface area contributed by atoms with Gasteiger partial charge in [-0.2, -0.15) is 0 Å². The predicted molar refractivity (Wildman–Crippen MR) is 79.1 cm³/mol. The number of benzene rings is 1. The van der Waals surface area contributed by atoms with E-state index in [9.17, 15) is 9.90 Å². The molecule has 1 unspecified atom stereocenters. The molecule has 2 rings (SSSR count). The molecule has 0 radical (unpaired) electrons. The van der Waals surface area contributed by atoms with Crippen molar-refractivity contribution in [1.29, 1.82) is 0 Å². The molecule has 0 bridgehead atoms. The van der Waals surface area contributed by atoms with Crippen molar-refractivity contribution in [3.63, 3.8) is 0 Å². The van der Waals surface area contributed by atoms with Crippen LogP contribution in [0.2, 0.25) is 0 Å². The van der Waals surface area contributed by atoms with E-state index in [1.807, 2.05) is 13.0 Å². The highest BCUT2D eigenvalue weighted by Gasteiger charge is 2.47. The highest BCUT2D eigenvalue weighted by Crippen LogP contribution is 2.56. The quantitative estimate of drug-likeness (QED) is 0.653. The van der Waals surface area contributed by atoms with Crippen molar-refractivity contribution in [2.75, 3.05) is 0 Å². The van der Waals surface area contributed by atoms with Crippen molar-refractivity contribution < 1.29 is 14.6 Å². The number of rotatable bonds is 2. The highest BCUT2D eigenvalue weighted by atomic mass is 16.5. The molecule has 1 N–H and O–H groups in total. The Morgan fingerprint density at radius 1 is 1.25 bits per heavy atom. The van der Waals surface area contributed by atoms with Crippen LogP contribution in [0.1, 0.15) is 58.1 Å². The van der Waals surface area contributed by atoms with E-state index in [1.165, 1.54) is 13.3 Å². The molecular weight excluding hydrogens is 252 g/mol. The molecule has 1 aliphatic rings. The zero-order valence-electron chi connectivity index (χ0n) is 13.0. The van der Waals surface area contributed by atoms with Crippen molar-refractivity contribution in [3.05, 3.63) is 23.3 Å². The Hall–Kier alpha value is -1.51. The average Bonchev–Trinajstić information content (AvgIpc) is 2.58. The van der Waals surface area contributed by atoms with Crippen molar-refractivity contribution in [3.8, 4) is 11.5 Å². The molecule has 0 saturated heterocycles. The van der Waals surface area contributed by atoms with Crippen LogP contribution in [0.25, 0.3) is 0 Å². The molecule has 0 spiro atoms. The number of aryl methyl sites for hydroxylation is 1. The van der Waals surface area contributed by atoms with Crippen molar-refractivity contribution in [2.24, 2.45) is 5.41 Å². The van der Waals surface area contributed by atoms with Gasteiger partial charge in [0, 0.05) is 24.0 Å². The van der Waals surface area contributed by atoms with E-state index in [-0.39, 0.29) is 22.5 Å². The third-order valence-corrected chi connectivity index (χ3v) is 5.12. The molecule has 1 atom stereocenters. The van der Waals surface area contributed by atoms with E-state index in [0.29, 0.717) is 5.75 Å². The lowest BCUT2D eigenvalue weighted by atomic mass is 9.65. The van der Waals surface area contributed by atoms with Crippen LogP contribution in [0.4, 0.5) is 0 Å². The second-order valence-corrected chi connectivity index (χ2v) is 6.80. The lowest BCUT2D eigenvalue weighted by molar-refractivity contribution is -0.132. The molecule has 1 fully saturated rings. The van der Waals surface area contributed by atoms with Gasteiger partial charge in [0.2, 0.25) is 0 Å². The third kappa shape index (κ3) is 2.30. The van der Waals surface area contributed by atoms with E-state index < -0.39 is 0 Å². The van der Waals surface area contributed by atoms with E-state index in [1.54, 1.807) is 6.07 Å². The summed E-state index contributed by atoms with van der Waals surface area (Å²) in [5.74, 6) is 0.316. The maximum atomic E-state index is 11.3. The molecule has 3 nitrogen and oxygen atoms in total. The van der Waals surface area contributed by atoms with Gasteiger partial charge in [-0.1, -0.05) is 27.2 Å². The Morgan fingerprint density at radius 3 is 2.40 bits per heavy atom. The van der Waals surface area contributed by atoms with E-state index in [4.69, 9.17) is 4.74 Å². The van der Waals surface area contributed by atoms with E-state index >= 15 is 0 Å². The van der Waals surface area contributed by atoms with Gasteiger partial charge in [-0.05, 0) is 36.8 Å². The van der Waals surface area contributed by atoms with Crippen LogP contribution < -0.4 is 4.74 Å². The Morgan fingerprint density at radius 2 is 1.90 bits per heavy atom. The first-order valence-electron chi connectivity index (χ1n) is 7.20. The monoisotopic (exact) mass is 276 g/mol. The van der Waals surface area contributed by atoms with Crippen molar-refractivity contribution >= 4 is 5.97 Å². The van der Waals surface area contributed by atoms with Crippen LogP contribution in [0, 0.1) is 12.3 Å². The normalized spacial score (nSPS) is 24.6. The fraction of sp³-hybridized carbons (Fsp3) is 0.588. The minimum Gasteiger partial charge on any atom is -0.508 e. The Labute approximate surface area is 121 Å². The summed E-state index contributed by atoms with van der Waals surface area (Å²) in [6, 6.07) is 3.55. The lowest BCUT2D eigenvalue weighted by Gasteiger charge is -2.40. The highest BCUT2D eigenvalue weighted by molar-refractivity contribution is 5.70. The molecule has 1 saturated carbocycles. The molecular formula is C17H24O3. The Balaban J connectivity index is 2.60. The third-order valence-electron chi connectivity index (χ3n) is 5.12. The topological polar surface area (TPSA) is 46.5 Å². The fourth-order valence-electron chi connectivity index (χ4n) is 3.35. The molecule has 0 amide bonds. The van der Waals surface area contributed by atoms with E-state index in [2.05, 4.69) is 20.8 Å². The number of aromatic hydroxyl groups is 1. The predicted octanol–water partition coefficient (Wildman–Crippen LogP) is 4.09. The van der Waals surface area contributed by atoms with Gasteiger partial charge in [0.05, 0.1) is 0 Å². The lowest BCUT2D eigenvalue weighted by Crippen LogP contribution is -2.34. The molecule has 1 aromatic rings. The van der Waals surface area contributed by atoms with Gasteiger partial charge in [0.25, 0.3) is 0 Å². The smallest absolute Gasteiger partial charge is 0.308 e. The summed E-state index contributed by atoms with van der Waals surface area (Å²) in [5.41, 5.74) is 1.95. The Bertz CT molecular complexity index is 545. The summed E-state index contributed by atoms with van der Waals surface area (Å²) in [6.07, 6.45) is 3.39. The maximum Gasteiger partial charge on any atom is 0.308 e. The van der Waals surface area contributed by atoms with Gasteiger partial charge in [-0.15, -0.1) is 0 Å². The molecule has 1 aromatic carbocycles. The van der Waals surface area contributed by atoms with Crippen LogP contribution in [-0.2, 0) is 10.2 Å². The minimum atomic E-state index is -0.353. The number of hydrogen-bond acceptors (Lipinski definition) is 3. The number of hydrogen-bond donors (Lipinski definition) is 1. The number of ether oxygens (including phenoxy) is 1. The summed E-state index contributed by atoms with van der Waals surface area (Å²) in [5, 5.41) is 9.90.